The summed E-state index contributed by atoms with van der Waals surface area (Å²) in [6.45, 7) is 3.47. The van der Waals surface area contributed by atoms with Gasteiger partial charge in [-0.1, -0.05) is 29.8 Å². The summed E-state index contributed by atoms with van der Waals surface area (Å²) in [5, 5.41) is 2.42. The molecule has 2 aromatic carbocycles. The molecule has 0 unspecified atom stereocenters. The second-order valence-electron chi connectivity index (χ2n) is 7.14. The molecule has 0 bridgehead atoms. The van der Waals surface area contributed by atoms with Gasteiger partial charge in [0.25, 0.3) is 11.8 Å². The van der Waals surface area contributed by atoms with Crippen molar-refractivity contribution in [3.8, 4) is 5.69 Å². The molecule has 162 valence electrons. The summed E-state index contributed by atoms with van der Waals surface area (Å²) >= 11 is 11.3. The summed E-state index contributed by atoms with van der Waals surface area (Å²) in [6, 6.07) is 11.7. The molecule has 0 saturated carbocycles. The molecule has 1 aliphatic rings. The second kappa shape index (κ2) is 8.29. The summed E-state index contributed by atoms with van der Waals surface area (Å²) in [7, 11) is 0. The van der Waals surface area contributed by atoms with Crippen molar-refractivity contribution in [3.63, 3.8) is 0 Å². The molecule has 1 aromatic heterocycles. The first-order valence-electron chi connectivity index (χ1n) is 9.50. The maximum Gasteiger partial charge on any atom is 0.270 e. The van der Waals surface area contributed by atoms with E-state index in [0.29, 0.717) is 17.0 Å². The van der Waals surface area contributed by atoms with Crippen molar-refractivity contribution in [1.82, 2.24) is 9.88 Å². The van der Waals surface area contributed by atoms with Crippen molar-refractivity contribution >= 4 is 52.5 Å². The number of hydrogen-bond donors (Lipinski definition) is 1. The molecule has 1 aliphatic heterocycles. The fourth-order valence-electron chi connectivity index (χ4n) is 3.65. The van der Waals surface area contributed by atoms with E-state index in [0.717, 1.165) is 4.90 Å². The number of nitrogens with one attached hydrogen (secondary N) is 1. The van der Waals surface area contributed by atoms with Gasteiger partial charge in [-0.3, -0.25) is 14.9 Å². The Labute approximate surface area is 192 Å². The van der Waals surface area contributed by atoms with E-state index in [1.807, 2.05) is 0 Å². The molecule has 1 fully saturated rings. The van der Waals surface area contributed by atoms with Gasteiger partial charge in [0.1, 0.15) is 22.9 Å². The maximum atomic E-state index is 14.5. The molecule has 5 nitrogen and oxygen atoms in total. The third-order valence-electron chi connectivity index (χ3n) is 5.13. The number of thiocarbonyl (C=S) groups is 1. The van der Waals surface area contributed by atoms with E-state index in [-0.39, 0.29) is 27.1 Å². The molecule has 0 aliphatic carbocycles. The van der Waals surface area contributed by atoms with Crippen molar-refractivity contribution in [2.75, 3.05) is 4.90 Å². The number of hydrogen-bond acceptors (Lipinski definition) is 3. The molecule has 0 atom stereocenters. The zero-order valence-electron chi connectivity index (χ0n) is 16.9. The lowest BCUT2D eigenvalue weighted by Gasteiger charge is -2.29. The first-order valence-corrected chi connectivity index (χ1v) is 10.3. The molecule has 9 heteroatoms. The van der Waals surface area contributed by atoms with Gasteiger partial charge in [-0.05, 0) is 68.0 Å². The van der Waals surface area contributed by atoms with Crippen LogP contribution in [0.25, 0.3) is 11.8 Å². The fraction of sp³-hybridized carbons (Fsp3) is 0.0870. The number of para-hydroxylation sites is 2. The van der Waals surface area contributed by atoms with E-state index in [9.17, 15) is 18.4 Å². The number of anilines is 1. The molecule has 2 heterocycles. The molecule has 3 aromatic rings. The van der Waals surface area contributed by atoms with E-state index in [1.54, 1.807) is 36.6 Å². The Morgan fingerprint density at radius 1 is 1.03 bits per heavy atom. The molecule has 1 saturated heterocycles. The summed E-state index contributed by atoms with van der Waals surface area (Å²) in [5.41, 5.74) is 1.57. The van der Waals surface area contributed by atoms with Crippen molar-refractivity contribution in [1.29, 1.82) is 0 Å². The zero-order chi connectivity index (χ0) is 23.2. The third-order valence-corrected chi connectivity index (χ3v) is 5.72. The van der Waals surface area contributed by atoms with Crippen LogP contribution in [0.1, 0.15) is 17.0 Å². The molecule has 4 rings (SSSR count). The highest BCUT2D eigenvalue weighted by Gasteiger charge is 2.36. The third kappa shape index (κ3) is 3.61. The van der Waals surface area contributed by atoms with Crippen molar-refractivity contribution < 1.29 is 18.4 Å². The van der Waals surface area contributed by atoms with E-state index in [1.165, 1.54) is 36.4 Å². The monoisotopic (exact) mass is 471 g/mol. The number of carbonyl (C=O) groups is 2. The highest BCUT2D eigenvalue weighted by Crippen LogP contribution is 2.31. The molecule has 32 heavy (non-hydrogen) atoms. The van der Waals surface area contributed by atoms with E-state index in [2.05, 4.69) is 5.32 Å². The van der Waals surface area contributed by atoms with Crippen LogP contribution >= 0.6 is 23.8 Å². The largest absolute Gasteiger partial charge is 0.314 e. The SMILES string of the molecule is Cc1cc(/C=C2\C(=O)NC(=S)N(c3ccccc3F)C2=O)c(C)n1-c1c(F)cccc1Cl. The topological polar surface area (TPSA) is 54.3 Å². The van der Waals surface area contributed by atoms with Crippen LogP contribution in [-0.4, -0.2) is 21.5 Å². The number of rotatable bonds is 3. The van der Waals surface area contributed by atoms with Gasteiger partial charge in [0.2, 0.25) is 0 Å². The minimum absolute atomic E-state index is 0.0722. The smallest absolute Gasteiger partial charge is 0.270 e. The normalized spacial score (nSPS) is 15.5. The highest BCUT2D eigenvalue weighted by molar-refractivity contribution is 7.80. The Bertz CT molecular complexity index is 1310. The van der Waals surface area contributed by atoms with Gasteiger partial charge < -0.3 is 4.57 Å². The Hall–Kier alpha value is -3.36. The summed E-state index contributed by atoms with van der Waals surface area (Å²) in [4.78, 5) is 26.6. The van der Waals surface area contributed by atoms with E-state index in [4.69, 9.17) is 23.8 Å². The van der Waals surface area contributed by atoms with Gasteiger partial charge in [-0.15, -0.1) is 0 Å². The molecular formula is C23H16ClF2N3O2S. The number of benzene rings is 2. The average molecular weight is 472 g/mol. The Balaban J connectivity index is 1.82. The van der Waals surface area contributed by atoms with Crippen molar-refractivity contribution in [3.05, 3.63) is 87.7 Å². The lowest BCUT2D eigenvalue weighted by Crippen LogP contribution is -2.54. The fourth-order valence-corrected chi connectivity index (χ4v) is 4.17. The second-order valence-corrected chi connectivity index (χ2v) is 7.94. The summed E-state index contributed by atoms with van der Waals surface area (Å²) < 4.78 is 30.4. The lowest BCUT2D eigenvalue weighted by atomic mass is 10.1. The molecule has 1 N–H and O–H groups in total. The van der Waals surface area contributed by atoms with Crippen LogP contribution in [-0.2, 0) is 9.59 Å². The van der Waals surface area contributed by atoms with Crippen LogP contribution in [0, 0.1) is 25.5 Å². The standard InChI is InChI=1S/C23H16ClF2N3O2S/c1-12-10-14(13(2)28(12)20-16(24)6-5-8-18(20)26)11-15-21(30)27-23(32)29(22(15)31)19-9-4-3-7-17(19)25/h3-11H,1-2H3,(H,27,30,32)/b15-11+. The molecular weight excluding hydrogens is 456 g/mol. The van der Waals surface area contributed by atoms with E-state index < -0.39 is 23.4 Å². The van der Waals surface area contributed by atoms with Crippen LogP contribution in [0.15, 0.2) is 54.1 Å². The number of nitrogens with zero attached hydrogens (tertiary/aromatic N) is 2. The molecule has 0 spiro atoms. The van der Waals surface area contributed by atoms with Crippen LogP contribution in [0.5, 0.6) is 0 Å². The molecule has 2 amide bonds. The number of amides is 2. The van der Waals surface area contributed by atoms with Gasteiger partial charge in [0.05, 0.1) is 10.7 Å². The average Bonchev–Trinajstić information content (AvgIpc) is 3.00. The summed E-state index contributed by atoms with van der Waals surface area (Å²) in [5.74, 6) is -2.65. The van der Waals surface area contributed by atoms with Gasteiger partial charge in [0, 0.05) is 11.4 Å². The number of aromatic nitrogens is 1. The highest BCUT2D eigenvalue weighted by atomic mass is 35.5. The van der Waals surface area contributed by atoms with Gasteiger partial charge in [-0.2, -0.15) is 0 Å². The van der Waals surface area contributed by atoms with Crippen LogP contribution in [0.4, 0.5) is 14.5 Å². The quantitative estimate of drug-likeness (QED) is 0.337. The van der Waals surface area contributed by atoms with Gasteiger partial charge in [-0.25, -0.2) is 13.7 Å². The number of halogens is 3. The lowest BCUT2D eigenvalue weighted by molar-refractivity contribution is -0.122. The Kier molecular flexibility index (Phi) is 5.66. The van der Waals surface area contributed by atoms with Gasteiger partial charge in [0.15, 0.2) is 5.11 Å². The van der Waals surface area contributed by atoms with Crippen LogP contribution in [0.2, 0.25) is 5.02 Å². The van der Waals surface area contributed by atoms with Crippen molar-refractivity contribution in [2.45, 2.75) is 13.8 Å². The van der Waals surface area contributed by atoms with Crippen molar-refractivity contribution in [2.24, 2.45) is 0 Å². The summed E-state index contributed by atoms with van der Waals surface area (Å²) in [6.07, 6.45) is 1.38. The predicted octanol–water partition coefficient (Wildman–Crippen LogP) is 4.86. The number of aryl methyl sites for hydroxylation is 1. The van der Waals surface area contributed by atoms with Gasteiger partial charge >= 0.3 is 0 Å². The van der Waals surface area contributed by atoms with Crippen LogP contribution < -0.4 is 10.2 Å². The zero-order valence-corrected chi connectivity index (χ0v) is 18.5. The first kappa shape index (κ1) is 21.9. The minimum atomic E-state index is -0.766. The van der Waals surface area contributed by atoms with E-state index >= 15 is 0 Å². The first-order chi connectivity index (χ1) is 15.2. The minimum Gasteiger partial charge on any atom is -0.314 e. The predicted molar refractivity (Wildman–Crippen MR) is 123 cm³/mol. The molecule has 0 radical (unpaired) electrons. The number of carbonyl (C=O) groups excluding carboxylic acids is 2. The maximum absolute atomic E-state index is 14.5. The van der Waals surface area contributed by atoms with Crippen LogP contribution in [0.3, 0.4) is 0 Å². The Morgan fingerprint density at radius 2 is 1.72 bits per heavy atom. The Morgan fingerprint density at radius 3 is 2.41 bits per heavy atom.